The molecule has 2 heterocycles. The molecule has 38 heavy (non-hydrogen) atoms. The Bertz CT molecular complexity index is 829. The normalized spacial score (nSPS) is 15.2. The van der Waals surface area contributed by atoms with E-state index in [0.717, 1.165) is 4.90 Å². The quantitative estimate of drug-likeness (QED) is 0.126. The van der Waals surface area contributed by atoms with Crippen molar-refractivity contribution in [3.05, 3.63) is 12.2 Å². The summed E-state index contributed by atoms with van der Waals surface area (Å²) in [6, 6.07) is 0. The van der Waals surface area contributed by atoms with Crippen molar-refractivity contribution in [1.82, 2.24) is 15.3 Å². The van der Waals surface area contributed by atoms with Gasteiger partial charge in [0.2, 0.25) is 5.91 Å². The van der Waals surface area contributed by atoms with E-state index in [1.165, 1.54) is 12.2 Å². The summed E-state index contributed by atoms with van der Waals surface area (Å²) in [4.78, 5) is 74.4. The van der Waals surface area contributed by atoms with Gasteiger partial charge in [-0.25, -0.2) is 4.79 Å². The Labute approximate surface area is 219 Å². The summed E-state index contributed by atoms with van der Waals surface area (Å²) in [7, 11) is 0. The molecular formula is C23H33N3O12. The molecule has 0 aromatic carbocycles. The van der Waals surface area contributed by atoms with E-state index in [1.54, 1.807) is 0 Å². The summed E-state index contributed by atoms with van der Waals surface area (Å²) in [6.07, 6.45) is 2.45. The third kappa shape index (κ3) is 12.3. The van der Waals surface area contributed by atoms with Crippen LogP contribution in [0.25, 0.3) is 0 Å². The number of carbonyl (C=O) groups excluding carboxylic acids is 6. The topological polar surface area (TPSA) is 176 Å². The predicted molar refractivity (Wildman–Crippen MR) is 125 cm³/mol. The third-order valence-electron chi connectivity index (χ3n) is 4.94. The molecule has 1 N–H and O–H groups in total. The van der Waals surface area contributed by atoms with Crippen LogP contribution in [-0.2, 0) is 57.3 Å². The lowest BCUT2D eigenvalue weighted by atomic mass is 10.3. The molecule has 15 nitrogen and oxygen atoms in total. The smallest absolute Gasteiger partial charge is 0.358 e. The van der Waals surface area contributed by atoms with Gasteiger partial charge in [0.15, 0.2) is 0 Å². The maximum atomic E-state index is 11.7. The first-order valence-electron chi connectivity index (χ1n) is 12.1. The maximum absolute atomic E-state index is 11.7. The van der Waals surface area contributed by atoms with Gasteiger partial charge in [-0.2, -0.15) is 0 Å². The Kier molecular flexibility index (Phi) is 14.7. The fourth-order valence-electron chi connectivity index (χ4n) is 3.04. The fraction of sp³-hybridized carbons (Fsp3) is 0.652. The molecule has 5 amide bonds. The standard InChI is InChI=1S/C23H33N3O12/c27-18(5-7-25-19(28)1-2-20(25)29)24-6-8-33-9-10-34-11-12-35-13-14-36-15-16-37-17-23(32)38-26-21(30)3-4-22(26)31/h1-2H,3-17H2,(H,24,27). The molecule has 212 valence electrons. The molecule has 0 saturated carbocycles. The molecule has 1 fully saturated rings. The Morgan fingerprint density at radius 3 is 1.71 bits per heavy atom. The number of ether oxygens (including phenoxy) is 5. The van der Waals surface area contributed by atoms with E-state index >= 15 is 0 Å². The lowest BCUT2D eigenvalue weighted by Crippen LogP contribution is -2.35. The van der Waals surface area contributed by atoms with Crippen molar-refractivity contribution in [1.29, 1.82) is 0 Å². The number of hydrogen-bond donors (Lipinski definition) is 1. The SMILES string of the molecule is O=C(CCN1C(=O)C=CC1=O)NCCOCCOCCOCCOCCOCC(=O)ON1C(=O)CCC1=O. The van der Waals surface area contributed by atoms with Crippen molar-refractivity contribution < 1.29 is 57.3 Å². The van der Waals surface area contributed by atoms with Crippen LogP contribution in [0, 0.1) is 0 Å². The minimum atomic E-state index is -0.838. The summed E-state index contributed by atoms with van der Waals surface area (Å²) in [6.45, 7) is 2.70. The highest BCUT2D eigenvalue weighted by molar-refractivity contribution is 6.13. The molecule has 0 aromatic rings. The van der Waals surface area contributed by atoms with Crippen molar-refractivity contribution in [2.24, 2.45) is 0 Å². The van der Waals surface area contributed by atoms with Gasteiger partial charge in [0.05, 0.1) is 59.5 Å². The Morgan fingerprint density at radius 1 is 0.711 bits per heavy atom. The van der Waals surface area contributed by atoms with E-state index in [2.05, 4.69) is 10.2 Å². The second kappa shape index (κ2) is 18.1. The molecule has 0 unspecified atom stereocenters. The van der Waals surface area contributed by atoms with Crippen molar-refractivity contribution >= 4 is 35.5 Å². The highest BCUT2D eigenvalue weighted by atomic mass is 16.7. The monoisotopic (exact) mass is 543 g/mol. The van der Waals surface area contributed by atoms with Gasteiger partial charge in [0.1, 0.15) is 6.61 Å². The van der Waals surface area contributed by atoms with Crippen molar-refractivity contribution in [3.8, 4) is 0 Å². The number of rotatable bonds is 21. The highest BCUT2D eigenvalue weighted by Crippen LogP contribution is 2.12. The van der Waals surface area contributed by atoms with Crippen LogP contribution in [0.5, 0.6) is 0 Å². The molecule has 2 rings (SSSR count). The molecule has 0 radical (unpaired) electrons. The number of nitrogens with one attached hydrogen (secondary N) is 1. The number of amides is 5. The molecular weight excluding hydrogens is 510 g/mol. The van der Waals surface area contributed by atoms with Gasteiger partial charge < -0.3 is 33.8 Å². The first kappa shape index (κ1) is 31.0. The van der Waals surface area contributed by atoms with E-state index in [9.17, 15) is 28.8 Å². The number of hydrogen-bond acceptors (Lipinski definition) is 12. The van der Waals surface area contributed by atoms with Gasteiger partial charge >= 0.3 is 5.97 Å². The molecule has 0 spiro atoms. The van der Waals surface area contributed by atoms with Crippen LogP contribution in [0.3, 0.4) is 0 Å². The molecule has 0 aromatic heterocycles. The maximum Gasteiger partial charge on any atom is 0.358 e. The number of hydroxylamine groups is 2. The van der Waals surface area contributed by atoms with Gasteiger partial charge in [-0.15, -0.1) is 5.06 Å². The second-order valence-corrected chi connectivity index (χ2v) is 7.81. The van der Waals surface area contributed by atoms with Gasteiger partial charge in [0.25, 0.3) is 23.6 Å². The molecule has 0 bridgehead atoms. The number of imide groups is 2. The van der Waals surface area contributed by atoms with E-state index in [0.29, 0.717) is 57.9 Å². The summed E-state index contributed by atoms with van der Waals surface area (Å²) in [5.74, 6) is -3.04. The summed E-state index contributed by atoms with van der Waals surface area (Å²) < 4.78 is 26.4. The largest absolute Gasteiger partial charge is 0.377 e. The van der Waals surface area contributed by atoms with Crippen LogP contribution < -0.4 is 5.32 Å². The number of carbonyl (C=O) groups is 6. The minimum Gasteiger partial charge on any atom is -0.377 e. The van der Waals surface area contributed by atoms with Gasteiger partial charge in [-0.05, 0) is 0 Å². The first-order valence-corrected chi connectivity index (χ1v) is 12.1. The molecule has 0 atom stereocenters. The van der Waals surface area contributed by atoms with E-state index < -0.39 is 36.2 Å². The van der Waals surface area contributed by atoms with Crippen LogP contribution in [-0.4, -0.2) is 125 Å². The number of nitrogens with zero attached hydrogens (tertiary/aromatic N) is 2. The van der Waals surface area contributed by atoms with E-state index in [-0.39, 0.29) is 44.9 Å². The van der Waals surface area contributed by atoms with Crippen molar-refractivity contribution in [2.45, 2.75) is 19.3 Å². The van der Waals surface area contributed by atoms with E-state index in [4.69, 9.17) is 23.7 Å². The average Bonchev–Trinajstić information content (AvgIpc) is 3.39. The van der Waals surface area contributed by atoms with Gasteiger partial charge in [-0.3, -0.25) is 28.9 Å². The Balaban J connectivity index is 1.26. The third-order valence-corrected chi connectivity index (χ3v) is 4.94. The molecule has 15 heteroatoms. The zero-order valence-electron chi connectivity index (χ0n) is 21.1. The summed E-state index contributed by atoms with van der Waals surface area (Å²) in [5, 5.41) is 3.11. The van der Waals surface area contributed by atoms with E-state index in [1.807, 2.05) is 0 Å². The van der Waals surface area contributed by atoms with Crippen molar-refractivity contribution in [2.75, 3.05) is 79.2 Å². The average molecular weight is 544 g/mol. The van der Waals surface area contributed by atoms with Crippen molar-refractivity contribution in [3.63, 3.8) is 0 Å². The highest BCUT2D eigenvalue weighted by Gasteiger charge is 2.32. The second-order valence-electron chi connectivity index (χ2n) is 7.81. The first-order chi connectivity index (χ1) is 18.4. The van der Waals surface area contributed by atoms with Crippen LogP contribution >= 0.6 is 0 Å². The molecule has 0 aliphatic carbocycles. The van der Waals surface area contributed by atoms with Gasteiger partial charge in [-0.1, -0.05) is 0 Å². The zero-order chi connectivity index (χ0) is 27.6. The molecule has 2 aliphatic rings. The predicted octanol–water partition coefficient (Wildman–Crippen LogP) is -1.89. The molecule has 2 aliphatic heterocycles. The fourth-order valence-corrected chi connectivity index (χ4v) is 3.04. The molecule has 1 saturated heterocycles. The van der Waals surface area contributed by atoms with Crippen LogP contribution in [0.4, 0.5) is 0 Å². The summed E-state index contributed by atoms with van der Waals surface area (Å²) in [5.41, 5.74) is 0. The lowest BCUT2D eigenvalue weighted by Gasteiger charge is -2.13. The van der Waals surface area contributed by atoms with Crippen LogP contribution in [0.2, 0.25) is 0 Å². The minimum absolute atomic E-state index is 0.0305. The Hall–Kier alpha value is -3.24. The Morgan fingerprint density at radius 2 is 1.18 bits per heavy atom. The van der Waals surface area contributed by atoms with Gasteiger partial charge in [0, 0.05) is 44.5 Å². The zero-order valence-corrected chi connectivity index (χ0v) is 21.1. The summed E-state index contributed by atoms with van der Waals surface area (Å²) >= 11 is 0. The van der Waals surface area contributed by atoms with Crippen LogP contribution in [0.1, 0.15) is 19.3 Å². The van der Waals surface area contributed by atoms with Crippen LogP contribution in [0.15, 0.2) is 12.2 Å². The lowest BCUT2D eigenvalue weighted by molar-refractivity contribution is -0.200.